The lowest BCUT2D eigenvalue weighted by molar-refractivity contribution is -0.155. The lowest BCUT2D eigenvalue weighted by Crippen LogP contribution is -2.66. The number of halogens is 1. The summed E-state index contributed by atoms with van der Waals surface area (Å²) in [5.41, 5.74) is 0.235. The van der Waals surface area contributed by atoms with Crippen LogP contribution in [0, 0.1) is 0 Å². The summed E-state index contributed by atoms with van der Waals surface area (Å²) < 4.78 is 0. The predicted octanol–water partition coefficient (Wildman–Crippen LogP) is 2.36. The summed E-state index contributed by atoms with van der Waals surface area (Å²) in [6.45, 7) is 4.40. The molecule has 1 aliphatic rings. The molecule has 20 heavy (non-hydrogen) atoms. The third-order valence-corrected chi connectivity index (χ3v) is 4.32. The lowest BCUT2D eigenvalue weighted by Gasteiger charge is -2.45. The van der Waals surface area contributed by atoms with E-state index in [-0.39, 0.29) is 18.4 Å². The van der Waals surface area contributed by atoms with Gasteiger partial charge in [-0.2, -0.15) is 0 Å². The second kappa shape index (κ2) is 5.83. The van der Waals surface area contributed by atoms with Crippen molar-refractivity contribution in [3.05, 3.63) is 34.9 Å². The first kappa shape index (κ1) is 14.9. The molecule has 0 saturated carbocycles. The zero-order valence-electron chi connectivity index (χ0n) is 11.8. The maximum Gasteiger partial charge on any atom is 0.246 e. The third-order valence-electron chi connectivity index (χ3n) is 4.06. The highest BCUT2D eigenvalue weighted by atomic mass is 35.5. The maximum atomic E-state index is 12.3. The van der Waals surface area contributed by atoms with Crippen LogP contribution in [0.4, 0.5) is 0 Å². The molecule has 5 heteroatoms. The lowest BCUT2D eigenvalue weighted by atomic mass is 9.87. The highest BCUT2D eigenvalue weighted by Gasteiger charge is 2.46. The summed E-state index contributed by atoms with van der Waals surface area (Å²) >= 11 is 5.87. The van der Waals surface area contributed by atoms with Crippen LogP contribution < -0.4 is 5.32 Å². The fourth-order valence-corrected chi connectivity index (χ4v) is 2.87. The van der Waals surface area contributed by atoms with Crippen molar-refractivity contribution in [2.45, 2.75) is 38.8 Å². The van der Waals surface area contributed by atoms with E-state index in [4.69, 9.17) is 11.6 Å². The molecule has 0 radical (unpaired) electrons. The Morgan fingerprint density at radius 2 is 1.80 bits per heavy atom. The molecule has 1 fully saturated rings. The summed E-state index contributed by atoms with van der Waals surface area (Å²) in [5.74, 6) is -0.0979. The Labute approximate surface area is 124 Å². The largest absolute Gasteiger partial charge is 0.345 e. The fraction of sp³-hybridized carbons (Fsp3) is 0.467. The Kier molecular flexibility index (Phi) is 4.33. The zero-order valence-corrected chi connectivity index (χ0v) is 12.5. The molecule has 1 aliphatic heterocycles. The van der Waals surface area contributed by atoms with Gasteiger partial charge in [-0.25, -0.2) is 0 Å². The second-order valence-electron chi connectivity index (χ2n) is 5.03. The van der Waals surface area contributed by atoms with E-state index in [1.54, 1.807) is 17.0 Å². The first-order chi connectivity index (χ1) is 9.53. The average molecular weight is 295 g/mol. The van der Waals surface area contributed by atoms with Crippen molar-refractivity contribution in [1.82, 2.24) is 10.2 Å². The number of nitrogens with zero attached hydrogens (tertiary/aromatic N) is 1. The van der Waals surface area contributed by atoms with Crippen molar-refractivity contribution < 1.29 is 9.59 Å². The van der Waals surface area contributed by atoms with Gasteiger partial charge >= 0.3 is 0 Å². The molecule has 0 bridgehead atoms. The monoisotopic (exact) mass is 294 g/mol. The van der Waals surface area contributed by atoms with Gasteiger partial charge in [-0.15, -0.1) is 0 Å². The number of benzene rings is 1. The summed E-state index contributed by atoms with van der Waals surface area (Å²) in [6.07, 6.45) is 1.21. The van der Waals surface area contributed by atoms with E-state index in [1.165, 1.54) is 0 Å². The molecule has 1 aromatic rings. The molecule has 1 aromatic carbocycles. The van der Waals surface area contributed by atoms with Gasteiger partial charge in [-0.1, -0.05) is 37.6 Å². The van der Waals surface area contributed by atoms with Crippen LogP contribution in [0.25, 0.3) is 0 Å². The summed E-state index contributed by atoms with van der Waals surface area (Å²) in [7, 11) is 0. The van der Waals surface area contributed by atoms with Gasteiger partial charge in [0, 0.05) is 11.6 Å². The van der Waals surface area contributed by atoms with Gasteiger partial charge in [0.25, 0.3) is 0 Å². The molecule has 0 unspecified atom stereocenters. The Hall–Kier alpha value is -1.55. The number of amides is 2. The first-order valence-electron chi connectivity index (χ1n) is 6.86. The van der Waals surface area contributed by atoms with Crippen LogP contribution in [0.15, 0.2) is 24.3 Å². The minimum Gasteiger partial charge on any atom is -0.345 e. The molecule has 0 atom stereocenters. The van der Waals surface area contributed by atoms with Crippen molar-refractivity contribution in [3.63, 3.8) is 0 Å². The number of carbonyl (C=O) groups is 2. The second-order valence-corrected chi connectivity index (χ2v) is 5.46. The summed E-state index contributed by atoms with van der Waals surface area (Å²) in [6, 6.07) is 7.37. The van der Waals surface area contributed by atoms with Crippen molar-refractivity contribution in [1.29, 1.82) is 0 Å². The molecule has 1 heterocycles. The molecule has 0 spiro atoms. The average Bonchev–Trinajstić information content (AvgIpc) is 2.46. The zero-order chi connectivity index (χ0) is 14.8. The van der Waals surface area contributed by atoms with Gasteiger partial charge in [0.05, 0.1) is 6.54 Å². The van der Waals surface area contributed by atoms with E-state index in [0.717, 1.165) is 5.56 Å². The summed E-state index contributed by atoms with van der Waals surface area (Å²) in [5, 5.41) is 3.36. The standard InChI is InChI=1S/C15H19ClN2O2/c1-3-15(4-2)14(20)17-9-13(19)18(15)10-11-5-7-12(16)8-6-11/h5-8H,3-4,9-10H2,1-2H3,(H,17,20). The minimum atomic E-state index is -0.741. The van der Waals surface area contributed by atoms with Gasteiger partial charge in [0.15, 0.2) is 0 Å². The molecular formula is C15H19ClN2O2. The van der Waals surface area contributed by atoms with E-state index in [1.807, 2.05) is 26.0 Å². The molecule has 1 saturated heterocycles. The Morgan fingerprint density at radius 3 is 2.35 bits per heavy atom. The quantitative estimate of drug-likeness (QED) is 0.927. The van der Waals surface area contributed by atoms with E-state index in [9.17, 15) is 9.59 Å². The number of nitrogens with one attached hydrogen (secondary N) is 1. The fourth-order valence-electron chi connectivity index (χ4n) is 2.74. The first-order valence-corrected chi connectivity index (χ1v) is 7.24. The van der Waals surface area contributed by atoms with Gasteiger partial charge in [0.2, 0.25) is 11.8 Å². The molecule has 0 aromatic heterocycles. The van der Waals surface area contributed by atoms with Gasteiger partial charge < -0.3 is 10.2 Å². The topological polar surface area (TPSA) is 49.4 Å². The molecule has 4 nitrogen and oxygen atoms in total. The number of piperazine rings is 1. The van der Waals surface area contributed by atoms with E-state index in [2.05, 4.69) is 5.32 Å². The van der Waals surface area contributed by atoms with Crippen molar-refractivity contribution >= 4 is 23.4 Å². The third kappa shape index (κ3) is 2.52. The SMILES string of the molecule is CCC1(CC)C(=O)NCC(=O)N1Cc1ccc(Cl)cc1. The normalized spacial score (nSPS) is 18.1. The van der Waals surface area contributed by atoms with Crippen LogP contribution in [0.5, 0.6) is 0 Å². The molecule has 0 aliphatic carbocycles. The Morgan fingerprint density at radius 1 is 1.20 bits per heavy atom. The molecule has 2 rings (SSSR count). The highest BCUT2D eigenvalue weighted by molar-refractivity contribution is 6.30. The van der Waals surface area contributed by atoms with Crippen LogP contribution in [0.1, 0.15) is 32.3 Å². The maximum absolute atomic E-state index is 12.3. The highest BCUT2D eigenvalue weighted by Crippen LogP contribution is 2.29. The van der Waals surface area contributed by atoms with Crippen LogP contribution in [-0.2, 0) is 16.1 Å². The number of hydrogen-bond donors (Lipinski definition) is 1. The van der Waals surface area contributed by atoms with Gasteiger partial charge in [0.1, 0.15) is 5.54 Å². The molecular weight excluding hydrogens is 276 g/mol. The number of rotatable bonds is 4. The Bertz CT molecular complexity index is 509. The van der Waals surface area contributed by atoms with E-state index < -0.39 is 5.54 Å². The van der Waals surface area contributed by atoms with Crippen molar-refractivity contribution in [2.75, 3.05) is 6.54 Å². The molecule has 1 N–H and O–H groups in total. The minimum absolute atomic E-state index is 0.0387. The van der Waals surface area contributed by atoms with Crippen LogP contribution in [-0.4, -0.2) is 28.8 Å². The van der Waals surface area contributed by atoms with Crippen LogP contribution in [0.2, 0.25) is 5.02 Å². The van der Waals surface area contributed by atoms with Crippen LogP contribution >= 0.6 is 11.6 Å². The van der Waals surface area contributed by atoms with E-state index >= 15 is 0 Å². The Balaban J connectivity index is 2.31. The van der Waals surface area contributed by atoms with Gasteiger partial charge in [-0.05, 0) is 30.5 Å². The smallest absolute Gasteiger partial charge is 0.246 e. The number of carbonyl (C=O) groups excluding carboxylic acids is 2. The van der Waals surface area contributed by atoms with E-state index in [0.29, 0.717) is 24.4 Å². The number of hydrogen-bond acceptors (Lipinski definition) is 2. The summed E-state index contributed by atoms with van der Waals surface area (Å²) in [4.78, 5) is 26.2. The van der Waals surface area contributed by atoms with Crippen molar-refractivity contribution in [2.24, 2.45) is 0 Å². The van der Waals surface area contributed by atoms with Crippen molar-refractivity contribution in [3.8, 4) is 0 Å². The molecule has 108 valence electrons. The van der Waals surface area contributed by atoms with Gasteiger partial charge in [-0.3, -0.25) is 9.59 Å². The van der Waals surface area contributed by atoms with Crippen LogP contribution in [0.3, 0.4) is 0 Å². The predicted molar refractivity (Wildman–Crippen MR) is 78.3 cm³/mol. The molecule has 2 amide bonds.